The van der Waals surface area contributed by atoms with Gasteiger partial charge in [-0.1, -0.05) is 36.4 Å². The molecule has 1 amide bonds. The van der Waals surface area contributed by atoms with Crippen LogP contribution in [0.3, 0.4) is 0 Å². The maximum absolute atomic E-state index is 14.0. The highest BCUT2D eigenvalue weighted by molar-refractivity contribution is 7.93. The minimum Gasteiger partial charge on any atom is -0.479 e. The monoisotopic (exact) mass is 513 g/mol. The second kappa shape index (κ2) is 10.1. The summed E-state index contributed by atoms with van der Waals surface area (Å²) in [6.07, 6.45) is 6.65. The Kier molecular flexibility index (Phi) is 6.57. The molecular weight excluding hydrogens is 490 g/mol. The molecule has 37 heavy (non-hydrogen) atoms. The van der Waals surface area contributed by atoms with Gasteiger partial charge in [0.05, 0.1) is 18.3 Å². The Morgan fingerprint density at radius 3 is 2.51 bits per heavy atom. The van der Waals surface area contributed by atoms with Crippen LogP contribution < -0.4 is 14.4 Å². The second-order valence-corrected chi connectivity index (χ2v) is 9.92. The van der Waals surface area contributed by atoms with Gasteiger partial charge in [0.2, 0.25) is 11.8 Å². The van der Waals surface area contributed by atoms with Gasteiger partial charge in [0.25, 0.3) is 10.0 Å². The molecule has 5 aromatic rings. The lowest BCUT2D eigenvalue weighted by Crippen LogP contribution is -2.38. The first-order chi connectivity index (χ1) is 18.0. The molecular formula is C27H23N5O4S. The Hall–Kier alpha value is -4.70. The number of nitrogens with zero attached hydrogens (tertiary/aromatic N) is 4. The molecule has 0 fully saturated rings. The summed E-state index contributed by atoms with van der Waals surface area (Å²) >= 11 is 0. The van der Waals surface area contributed by atoms with Crippen molar-refractivity contribution >= 4 is 38.1 Å². The van der Waals surface area contributed by atoms with E-state index in [-0.39, 0.29) is 16.5 Å². The van der Waals surface area contributed by atoms with Crippen molar-refractivity contribution in [3.05, 3.63) is 104 Å². The molecule has 0 unspecified atom stereocenters. The van der Waals surface area contributed by atoms with Crippen molar-refractivity contribution in [2.75, 3.05) is 23.3 Å². The first-order valence-corrected chi connectivity index (χ1v) is 12.8. The van der Waals surface area contributed by atoms with Crippen LogP contribution in [-0.2, 0) is 14.8 Å². The van der Waals surface area contributed by atoms with Crippen LogP contribution in [0.15, 0.2) is 109 Å². The number of fused-ring (bicyclic) bond motifs is 1. The summed E-state index contributed by atoms with van der Waals surface area (Å²) in [4.78, 5) is 21.4. The Morgan fingerprint density at radius 1 is 0.973 bits per heavy atom. The summed E-state index contributed by atoms with van der Waals surface area (Å²) in [6.45, 7) is -0.489. The zero-order valence-corrected chi connectivity index (χ0v) is 20.7. The highest BCUT2D eigenvalue weighted by Crippen LogP contribution is 2.33. The maximum atomic E-state index is 14.0. The molecule has 186 valence electrons. The molecule has 0 radical (unpaired) electrons. The van der Waals surface area contributed by atoms with Crippen molar-refractivity contribution in [3.8, 4) is 11.6 Å². The van der Waals surface area contributed by atoms with E-state index in [2.05, 4.69) is 15.3 Å². The van der Waals surface area contributed by atoms with Gasteiger partial charge in [-0.2, -0.15) is 0 Å². The van der Waals surface area contributed by atoms with Crippen molar-refractivity contribution in [1.29, 1.82) is 0 Å². The van der Waals surface area contributed by atoms with E-state index in [9.17, 15) is 13.2 Å². The zero-order chi connectivity index (χ0) is 25.8. The van der Waals surface area contributed by atoms with Crippen LogP contribution in [0.5, 0.6) is 5.88 Å². The average Bonchev–Trinajstić information content (AvgIpc) is 3.47. The molecule has 0 aliphatic carbocycles. The number of ether oxygens (including phenoxy) is 1. The molecule has 0 atom stereocenters. The number of aromatic nitrogens is 3. The lowest BCUT2D eigenvalue weighted by Gasteiger charge is -2.25. The van der Waals surface area contributed by atoms with Gasteiger partial charge in [-0.3, -0.25) is 9.10 Å². The first-order valence-electron chi connectivity index (χ1n) is 11.3. The summed E-state index contributed by atoms with van der Waals surface area (Å²) in [5.74, 6) is -0.436. The number of amides is 1. The summed E-state index contributed by atoms with van der Waals surface area (Å²) < 4.78 is 36.3. The first kappa shape index (κ1) is 24.0. The van der Waals surface area contributed by atoms with Gasteiger partial charge in [0.1, 0.15) is 12.2 Å². The Labute approximate surface area is 214 Å². The van der Waals surface area contributed by atoms with E-state index in [1.54, 1.807) is 55.0 Å². The third-order valence-corrected chi connectivity index (χ3v) is 7.59. The van der Waals surface area contributed by atoms with Crippen LogP contribution in [0, 0.1) is 0 Å². The molecule has 2 heterocycles. The van der Waals surface area contributed by atoms with Gasteiger partial charge in [-0.15, -0.1) is 0 Å². The van der Waals surface area contributed by atoms with Crippen LogP contribution in [0.25, 0.3) is 16.5 Å². The molecule has 3 aromatic carbocycles. The molecule has 0 bridgehead atoms. The van der Waals surface area contributed by atoms with Crippen molar-refractivity contribution in [2.45, 2.75) is 4.90 Å². The third kappa shape index (κ3) is 4.87. The predicted molar refractivity (Wildman–Crippen MR) is 141 cm³/mol. The average molecular weight is 514 g/mol. The standard InChI is InChI=1S/C27H23N5O4S/c1-36-27-24(9-5-15-29-27)32(37(34,35)25-10-4-7-20-6-2-3-8-23(20)25)18-26(33)30-21-11-13-22(14-12-21)31-17-16-28-19-31/h2-17,19H,18H2,1H3,(H,30,33). The summed E-state index contributed by atoms with van der Waals surface area (Å²) in [5.41, 5.74) is 1.55. The fraction of sp³-hybridized carbons (Fsp3) is 0.0741. The fourth-order valence-corrected chi connectivity index (χ4v) is 5.66. The van der Waals surface area contributed by atoms with Gasteiger partial charge in [-0.05, 0) is 47.9 Å². The van der Waals surface area contributed by atoms with Crippen molar-refractivity contribution < 1.29 is 17.9 Å². The molecule has 2 aromatic heterocycles. The normalized spacial score (nSPS) is 11.3. The van der Waals surface area contributed by atoms with E-state index in [4.69, 9.17) is 4.74 Å². The largest absolute Gasteiger partial charge is 0.479 e. The van der Waals surface area contributed by atoms with Crippen molar-refractivity contribution in [3.63, 3.8) is 0 Å². The smallest absolute Gasteiger partial charge is 0.265 e. The minimum absolute atomic E-state index is 0.0778. The molecule has 0 spiro atoms. The highest BCUT2D eigenvalue weighted by Gasteiger charge is 2.31. The SMILES string of the molecule is COc1ncccc1N(CC(=O)Nc1ccc(-n2ccnc2)cc1)S(=O)(=O)c1cccc2ccccc12. The van der Waals surface area contributed by atoms with Crippen LogP contribution in [-0.4, -0.2) is 42.5 Å². The lowest BCUT2D eigenvalue weighted by molar-refractivity contribution is -0.114. The van der Waals surface area contributed by atoms with E-state index in [1.807, 2.05) is 41.1 Å². The van der Waals surface area contributed by atoms with E-state index >= 15 is 0 Å². The molecule has 0 aliphatic heterocycles. The number of sulfonamides is 1. The van der Waals surface area contributed by atoms with Gasteiger partial charge >= 0.3 is 0 Å². The topological polar surface area (TPSA) is 106 Å². The number of imidazole rings is 1. The lowest BCUT2D eigenvalue weighted by atomic mass is 10.1. The summed E-state index contributed by atoms with van der Waals surface area (Å²) in [6, 6.07) is 22.5. The van der Waals surface area contributed by atoms with Gasteiger partial charge in [-0.25, -0.2) is 18.4 Å². The number of hydrogen-bond acceptors (Lipinski definition) is 6. The zero-order valence-electron chi connectivity index (χ0n) is 19.9. The second-order valence-electron chi connectivity index (χ2n) is 8.09. The van der Waals surface area contributed by atoms with Gasteiger partial charge in [0, 0.05) is 35.4 Å². The summed E-state index contributed by atoms with van der Waals surface area (Å²) in [5, 5.41) is 4.10. The molecule has 0 saturated heterocycles. The number of methoxy groups -OCH3 is 1. The van der Waals surface area contributed by atoms with E-state index in [0.29, 0.717) is 11.1 Å². The fourth-order valence-electron chi connectivity index (χ4n) is 4.03. The highest BCUT2D eigenvalue weighted by atomic mass is 32.2. The van der Waals surface area contributed by atoms with Gasteiger partial charge < -0.3 is 14.6 Å². The van der Waals surface area contributed by atoms with Crippen molar-refractivity contribution in [1.82, 2.24) is 14.5 Å². The number of carbonyl (C=O) groups is 1. The molecule has 1 N–H and O–H groups in total. The molecule has 0 aliphatic rings. The van der Waals surface area contributed by atoms with E-state index < -0.39 is 22.5 Å². The van der Waals surface area contributed by atoms with Gasteiger partial charge in [0.15, 0.2) is 0 Å². The van der Waals surface area contributed by atoms with Crippen molar-refractivity contribution in [2.24, 2.45) is 0 Å². The molecule has 10 heteroatoms. The van der Waals surface area contributed by atoms with Crippen LogP contribution in [0.2, 0.25) is 0 Å². The molecule has 9 nitrogen and oxygen atoms in total. The Balaban J connectivity index is 1.49. The van der Waals surface area contributed by atoms with Crippen LogP contribution in [0.4, 0.5) is 11.4 Å². The number of hydrogen-bond donors (Lipinski definition) is 1. The Bertz CT molecular complexity index is 1650. The van der Waals surface area contributed by atoms with E-state index in [0.717, 1.165) is 15.4 Å². The number of anilines is 2. The summed E-state index contributed by atoms with van der Waals surface area (Å²) in [7, 11) is -2.80. The maximum Gasteiger partial charge on any atom is 0.265 e. The molecule has 0 saturated carbocycles. The van der Waals surface area contributed by atoms with E-state index in [1.165, 1.54) is 19.4 Å². The van der Waals surface area contributed by atoms with Crippen LogP contribution >= 0.6 is 0 Å². The number of rotatable bonds is 8. The Morgan fingerprint density at radius 2 is 1.76 bits per heavy atom. The molecule has 5 rings (SSSR count). The third-order valence-electron chi connectivity index (χ3n) is 5.77. The quantitative estimate of drug-likeness (QED) is 0.332. The minimum atomic E-state index is -4.19. The number of benzene rings is 3. The number of pyridine rings is 1. The number of carbonyl (C=O) groups excluding carboxylic acids is 1. The van der Waals surface area contributed by atoms with Crippen LogP contribution in [0.1, 0.15) is 0 Å². The number of nitrogens with one attached hydrogen (secondary N) is 1. The predicted octanol–water partition coefficient (Wildman–Crippen LogP) is 4.26.